The molecule has 0 spiro atoms. The van der Waals surface area contributed by atoms with Crippen LogP contribution in [-0.4, -0.2) is 17.8 Å². The van der Waals surface area contributed by atoms with Crippen molar-refractivity contribution in [1.82, 2.24) is 0 Å². The van der Waals surface area contributed by atoms with Gasteiger partial charge >= 0.3 is 5.97 Å². The smallest absolute Gasteiger partial charge is 0.363 e. The van der Waals surface area contributed by atoms with E-state index in [0.717, 1.165) is 16.7 Å². The van der Waals surface area contributed by atoms with Crippen LogP contribution in [0.25, 0.3) is 6.08 Å². The van der Waals surface area contributed by atoms with Crippen molar-refractivity contribution in [1.29, 1.82) is 0 Å². The molecule has 0 aliphatic carbocycles. The number of rotatable bonds is 3. The first-order valence-corrected chi connectivity index (χ1v) is 7.35. The Morgan fingerprint density at radius 3 is 2.42 bits per heavy atom. The van der Waals surface area contributed by atoms with Gasteiger partial charge in [-0.2, -0.15) is 0 Å². The number of esters is 1. The molecule has 3 rings (SSSR count). The zero-order valence-electron chi connectivity index (χ0n) is 13.2. The van der Waals surface area contributed by atoms with Crippen LogP contribution in [0.4, 0.5) is 0 Å². The van der Waals surface area contributed by atoms with Gasteiger partial charge in [-0.05, 0) is 54.3 Å². The number of cyclic esters (lactones) is 1. The molecule has 0 amide bonds. The molecule has 1 heterocycles. The second-order valence-corrected chi connectivity index (χ2v) is 5.54. The highest BCUT2D eigenvalue weighted by Gasteiger charge is 2.24. The molecule has 0 atom stereocenters. The molecule has 0 unspecified atom stereocenters. The summed E-state index contributed by atoms with van der Waals surface area (Å²) in [6.45, 7) is 3.98. The minimum atomic E-state index is -1.25. The number of aliphatic imine (C=N–C) groups is 1. The molecule has 0 N–H and O–H groups in total. The average Bonchev–Trinajstić information content (AvgIpc) is 2.91. The highest BCUT2D eigenvalue weighted by Crippen LogP contribution is 2.20. The van der Waals surface area contributed by atoms with Crippen molar-refractivity contribution in [3.05, 3.63) is 76.0 Å². The van der Waals surface area contributed by atoms with Gasteiger partial charge in [0.05, 0.1) is 5.97 Å². The molecule has 0 bridgehead atoms. The molecule has 2 aromatic carbocycles. The van der Waals surface area contributed by atoms with E-state index in [-0.39, 0.29) is 17.2 Å². The summed E-state index contributed by atoms with van der Waals surface area (Å²) in [7, 11) is 0. The number of benzene rings is 2. The van der Waals surface area contributed by atoms with Crippen LogP contribution in [-0.2, 0) is 9.53 Å². The number of aromatic carboxylic acids is 1. The lowest BCUT2D eigenvalue weighted by Crippen LogP contribution is -2.21. The summed E-state index contributed by atoms with van der Waals surface area (Å²) in [6.07, 6.45) is 1.55. The van der Waals surface area contributed by atoms with Gasteiger partial charge in [0.15, 0.2) is 5.70 Å². The maximum absolute atomic E-state index is 12.0. The van der Waals surface area contributed by atoms with Crippen molar-refractivity contribution in [3.8, 4) is 0 Å². The third-order valence-corrected chi connectivity index (χ3v) is 3.82. The number of ether oxygens (including phenoxy) is 1. The molecule has 24 heavy (non-hydrogen) atoms. The zero-order valence-corrected chi connectivity index (χ0v) is 13.2. The van der Waals surface area contributed by atoms with Gasteiger partial charge in [-0.25, -0.2) is 9.79 Å². The van der Waals surface area contributed by atoms with Crippen LogP contribution in [0.5, 0.6) is 0 Å². The minimum absolute atomic E-state index is 0.0745. The molecule has 1 aliphatic heterocycles. The Morgan fingerprint density at radius 1 is 1.08 bits per heavy atom. The van der Waals surface area contributed by atoms with E-state index < -0.39 is 11.9 Å². The Morgan fingerprint density at radius 2 is 1.79 bits per heavy atom. The summed E-state index contributed by atoms with van der Waals surface area (Å²) in [6, 6.07) is 11.7. The number of hydrogen-bond acceptors (Lipinski definition) is 5. The molecule has 0 aromatic heterocycles. The summed E-state index contributed by atoms with van der Waals surface area (Å²) < 4.78 is 5.23. The summed E-state index contributed by atoms with van der Waals surface area (Å²) in [4.78, 5) is 27.0. The van der Waals surface area contributed by atoms with Crippen molar-refractivity contribution < 1.29 is 19.4 Å². The topological polar surface area (TPSA) is 78.8 Å². The van der Waals surface area contributed by atoms with Gasteiger partial charge in [0.2, 0.25) is 5.90 Å². The summed E-state index contributed by atoms with van der Waals surface area (Å²) in [5.41, 5.74) is 3.86. The summed E-state index contributed by atoms with van der Waals surface area (Å²) in [5.74, 6) is -1.52. The van der Waals surface area contributed by atoms with E-state index in [1.165, 1.54) is 12.1 Å². The molecule has 0 fully saturated rings. The highest BCUT2D eigenvalue weighted by atomic mass is 16.6. The quantitative estimate of drug-likeness (QED) is 0.640. The fourth-order valence-corrected chi connectivity index (χ4v) is 2.28. The van der Waals surface area contributed by atoms with Gasteiger partial charge in [0, 0.05) is 5.56 Å². The van der Waals surface area contributed by atoms with E-state index in [1.54, 1.807) is 18.2 Å². The van der Waals surface area contributed by atoms with Gasteiger partial charge in [-0.1, -0.05) is 30.3 Å². The van der Waals surface area contributed by atoms with Crippen molar-refractivity contribution in [2.45, 2.75) is 13.8 Å². The maximum atomic E-state index is 12.0. The molecule has 0 radical (unpaired) electrons. The Balaban J connectivity index is 1.90. The molecule has 5 nitrogen and oxygen atoms in total. The maximum Gasteiger partial charge on any atom is 0.363 e. The predicted molar refractivity (Wildman–Crippen MR) is 87.3 cm³/mol. The minimum Gasteiger partial charge on any atom is -0.545 e. The molecule has 5 heteroatoms. The fourth-order valence-electron chi connectivity index (χ4n) is 2.28. The summed E-state index contributed by atoms with van der Waals surface area (Å²) in [5, 5.41) is 10.7. The van der Waals surface area contributed by atoms with Crippen LogP contribution in [0.15, 0.2) is 53.2 Å². The first-order valence-electron chi connectivity index (χ1n) is 7.35. The highest BCUT2D eigenvalue weighted by molar-refractivity contribution is 6.12. The Kier molecular flexibility index (Phi) is 4.00. The second kappa shape index (κ2) is 6.12. The van der Waals surface area contributed by atoms with Crippen LogP contribution < -0.4 is 5.11 Å². The number of aryl methyl sites for hydroxylation is 2. The van der Waals surface area contributed by atoms with Crippen LogP contribution >= 0.6 is 0 Å². The van der Waals surface area contributed by atoms with E-state index in [1.807, 2.05) is 32.0 Å². The lowest BCUT2D eigenvalue weighted by molar-refractivity contribution is -0.255. The fraction of sp³-hybridized carbons (Fsp3) is 0.105. The largest absolute Gasteiger partial charge is 0.545 e. The first kappa shape index (κ1) is 15.7. The Bertz CT molecular complexity index is 892. The van der Waals surface area contributed by atoms with Gasteiger partial charge in [-0.15, -0.1) is 0 Å². The zero-order chi connectivity index (χ0) is 17.3. The van der Waals surface area contributed by atoms with E-state index in [2.05, 4.69) is 4.99 Å². The second-order valence-electron chi connectivity index (χ2n) is 5.54. The van der Waals surface area contributed by atoms with Crippen LogP contribution in [0.1, 0.15) is 32.6 Å². The molecular formula is C19H14NO4-. The number of nitrogens with zero attached hydrogens (tertiary/aromatic N) is 1. The molecule has 2 aromatic rings. The number of carbonyl (C=O) groups excluding carboxylic acids is 2. The van der Waals surface area contributed by atoms with Gasteiger partial charge in [0.1, 0.15) is 0 Å². The molecule has 0 saturated heterocycles. The molecule has 120 valence electrons. The van der Waals surface area contributed by atoms with E-state index in [4.69, 9.17) is 4.74 Å². The lowest BCUT2D eigenvalue weighted by atomic mass is 10.1. The summed E-state index contributed by atoms with van der Waals surface area (Å²) >= 11 is 0. The van der Waals surface area contributed by atoms with Crippen molar-refractivity contribution in [3.63, 3.8) is 0 Å². The van der Waals surface area contributed by atoms with Crippen molar-refractivity contribution in [2.75, 3.05) is 0 Å². The first-order chi connectivity index (χ1) is 11.4. The van der Waals surface area contributed by atoms with Crippen LogP contribution in [0.2, 0.25) is 0 Å². The number of carboxylic acid groups (broad SMARTS) is 1. The Hall–Kier alpha value is -3.21. The standard InChI is InChI=1S/C19H15NO4/c1-11-3-6-15(9-12(11)2)17-20-16(19(23)24-17)10-13-4-7-14(8-5-13)18(21)22/h3-10H,1-2H3,(H,21,22)/p-1/b16-10-. The van der Waals surface area contributed by atoms with Crippen LogP contribution in [0.3, 0.4) is 0 Å². The Labute approximate surface area is 138 Å². The van der Waals surface area contributed by atoms with Crippen LogP contribution in [0, 0.1) is 13.8 Å². The third kappa shape index (κ3) is 3.10. The third-order valence-electron chi connectivity index (χ3n) is 3.82. The normalized spacial score (nSPS) is 15.3. The number of hydrogen-bond donors (Lipinski definition) is 0. The van der Waals surface area contributed by atoms with Gasteiger partial charge in [-0.3, -0.25) is 0 Å². The van der Waals surface area contributed by atoms with Gasteiger partial charge in [0.25, 0.3) is 0 Å². The average molecular weight is 320 g/mol. The molecule has 1 aliphatic rings. The molecule has 0 saturated carbocycles. The van der Waals surface area contributed by atoms with E-state index in [0.29, 0.717) is 5.56 Å². The lowest BCUT2D eigenvalue weighted by Gasteiger charge is -2.03. The van der Waals surface area contributed by atoms with E-state index >= 15 is 0 Å². The SMILES string of the molecule is Cc1ccc(C2=N/C(=C\c3ccc(C(=O)[O-])cc3)C(=O)O2)cc1C. The van der Waals surface area contributed by atoms with Crippen molar-refractivity contribution >= 4 is 23.9 Å². The number of carbonyl (C=O) groups is 2. The van der Waals surface area contributed by atoms with Gasteiger partial charge < -0.3 is 14.6 Å². The monoisotopic (exact) mass is 320 g/mol. The molecular weight excluding hydrogens is 306 g/mol. The van der Waals surface area contributed by atoms with E-state index in [9.17, 15) is 14.7 Å². The predicted octanol–water partition coefficient (Wildman–Crippen LogP) is 2.01. The van der Waals surface area contributed by atoms with Crippen molar-refractivity contribution in [2.24, 2.45) is 4.99 Å². The number of carboxylic acids is 1.